The monoisotopic (exact) mass is 302 g/mol. The maximum Gasteiger partial charge on any atom is 0.214 e. The zero-order valence-corrected chi connectivity index (χ0v) is 14.4. The summed E-state index contributed by atoms with van der Waals surface area (Å²) < 4.78 is 26.1. The Morgan fingerprint density at radius 1 is 1.35 bits per heavy atom. The van der Waals surface area contributed by atoms with Gasteiger partial charge in [0.05, 0.1) is 5.75 Å². The van der Waals surface area contributed by atoms with Crippen LogP contribution in [0.15, 0.2) is 11.6 Å². The number of nitrogens with one attached hydrogen (secondary N) is 1. The second kappa shape index (κ2) is 7.05. The first kappa shape index (κ1) is 17.7. The van der Waals surface area contributed by atoms with Crippen LogP contribution in [-0.4, -0.2) is 44.2 Å². The van der Waals surface area contributed by atoms with Gasteiger partial charge in [0.25, 0.3) is 0 Å². The van der Waals surface area contributed by atoms with Crippen LogP contribution in [0.1, 0.15) is 47.5 Å². The molecule has 1 aliphatic heterocycles. The lowest BCUT2D eigenvalue weighted by molar-refractivity contribution is 0.389. The van der Waals surface area contributed by atoms with E-state index in [0.29, 0.717) is 25.6 Å². The minimum absolute atomic E-state index is 0.150. The predicted molar refractivity (Wildman–Crippen MR) is 85.3 cm³/mol. The predicted octanol–water partition coefficient (Wildman–Crippen LogP) is 2.38. The third-order valence-electron chi connectivity index (χ3n) is 3.66. The van der Waals surface area contributed by atoms with Crippen LogP contribution in [0.4, 0.5) is 0 Å². The van der Waals surface area contributed by atoms with Gasteiger partial charge in [-0.25, -0.2) is 8.42 Å². The first-order valence-corrected chi connectivity index (χ1v) is 9.14. The summed E-state index contributed by atoms with van der Waals surface area (Å²) >= 11 is 0. The fraction of sp³-hybridized carbons (Fsp3) is 0.867. The zero-order chi connectivity index (χ0) is 15.4. The summed E-state index contributed by atoms with van der Waals surface area (Å²) in [7, 11) is -3.10. The number of hydrogen-bond donors (Lipinski definition) is 1. The summed E-state index contributed by atoms with van der Waals surface area (Å²) in [5.74, 6) is 0.241. The largest absolute Gasteiger partial charge is 0.314 e. The molecule has 1 aliphatic rings. The van der Waals surface area contributed by atoms with Crippen molar-refractivity contribution < 1.29 is 8.42 Å². The van der Waals surface area contributed by atoms with Gasteiger partial charge in [0, 0.05) is 19.1 Å². The molecule has 0 fully saturated rings. The van der Waals surface area contributed by atoms with Crippen molar-refractivity contribution in [1.82, 2.24) is 9.62 Å². The Hall–Kier alpha value is -0.390. The molecule has 1 N–H and O–H groups in total. The SMILES string of the molecule is CC(C)NCCCS(=O)(=O)N1CC=C(C(C)(C)C)CC1. The van der Waals surface area contributed by atoms with Crippen molar-refractivity contribution in [1.29, 1.82) is 0 Å². The molecule has 0 spiro atoms. The lowest BCUT2D eigenvalue weighted by Gasteiger charge is -2.31. The lowest BCUT2D eigenvalue weighted by Crippen LogP contribution is -2.38. The number of sulfonamides is 1. The molecule has 1 rings (SSSR count). The molecule has 118 valence electrons. The minimum atomic E-state index is -3.10. The smallest absolute Gasteiger partial charge is 0.214 e. The van der Waals surface area contributed by atoms with Gasteiger partial charge in [-0.05, 0) is 24.8 Å². The van der Waals surface area contributed by atoms with Gasteiger partial charge in [0.2, 0.25) is 10.0 Å². The van der Waals surface area contributed by atoms with Gasteiger partial charge in [0.1, 0.15) is 0 Å². The van der Waals surface area contributed by atoms with E-state index in [2.05, 4.69) is 46.0 Å². The molecule has 4 nitrogen and oxygen atoms in total. The van der Waals surface area contributed by atoms with Crippen LogP contribution in [0.3, 0.4) is 0 Å². The molecule has 20 heavy (non-hydrogen) atoms. The summed E-state index contributed by atoms with van der Waals surface area (Å²) in [6.07, 6.45) is 3.62. The third-order valence-corrected chi connectivity index (χ3v) is 5.58. The lowest BCUT2D eigenvalue weighted by atomic mass is 9.83. The van der Waals surface area contributed by atoms with Crippen LogP contribution in [-0.2, 0) is 10.0 Å². The summed E-state index contributed by atoms with van der Waals surface area (Å²) in [6.45, 7) is 12.6. The average molecular weight is 302 g/mol. The molecule has 0 atom stereocenters. The van der Waals surface area contributed by atoms with Crippen molar-refractivity contribution in [2.45, 2.75) is 53.5 Å². The fourth-order valence-electron chi connectivity index (χ4n) is 2.36. The first-order chi connectivity index (χ1) is 9.13. The minimum Gasteiger partial charge on any atom is -0.314 e. The highest BCUT2D eigenvalue weighted by Gasteiger charge is 2.27. The van der Waals surface area contributed by atoms with Gasteiger partial charge in [-0.1, -0.05) is 46.3 Å². The van der Waals surface area contributed by atoms with Crippen LogP contribution in [0.2, 0.25) is 0 Å². The number of nitrogens with zero attached hydrogens (tertiary/aromatic N) is 1. The summed E-state index contributed by atoms with van der Waals surface area (Å²) in [4.78, 5) is 0. The summed E-state index contributed by atoms with van der Waals surface area (Å²) in [5, 5.41) is 3.25. The van der Waals surface area contributed by atoms with Crippen molar-refractivity contribution in [3.63, 3.8) is 0 Å². The Labute approximate surface area is 124 Å². The molecule has 0 bridgehead atoms. The third kappa shape index (κ3) is 5.54. The fourth-order valence-corrected chi connectivity index (χ4v) is 3.80. The summed E-state index contributed by atoms with van der Waals surface area (Å²) in [6, 6.07) is 0.407. The Balaban J connectivity index is 2.49. The van der Waals surface area contributed by atoms with Crippen LogP contribution in [0.5, 0.6) is 0 Å². The van der Waals surface area contributed by atoms with Crippen molar-refractivity contribution in [2.24, 2.45) is 5.41 Å². The standard InChI is InChI=1S/C15H30N2O2S/c1-13(2)16-9-6-12-20(18,19)17-10-7-14(8-11-17)15(3,4)5/h7,13,16H,6,8-12H2,1-5H3. The maximum atomic E-state index is 12.3. The highest BCUT2D eigenvalue weighted by atomic mass is 32.2. The molecule has 0 radical (unpaired) electrons. The Kier molecular flexibility index (Phi) is 6.23. The zero-order valence-electron chi connectivity index (χ0n) is 13.6. The van der Waals surface area contributed by atoms with Gasteiger partial charge < -0.3 is 5.32 Å². The van der Waals surface area contributed by atoms with Gasteiger partial charge >= 0.3 is 0 Å². The van der Waals surface area contributed by atoms with E-state index in [0.717, 1.165) is 13.0 Å². The first-order valence-electron chi connectivity index (χ1n) is 7.53. The van der Waals surface area contributed by atoms with E-state index in [9.17, 15) is 8.42 Å². The molecule has 0 amide bonds. The molecule has 0 aliphatic carbocycles. The Morgan fingerprint density at radius 3 is 2.45 bits per heavy atom. The van der Waals surface area contributed by atoms with E-state index < -0.39 is 10.0 Å². The highest BCUT2D eigenvalue weighted by molar-refractivity contribution is 7.89. The van der Waals surface area contributed by atoms with Gasteiger partial charge in [-0.3, -0.25) is 0 Å². The van der Waals surface area contributed by atoms with Crippen molar-refractivity contribution >= 4 is 10.0 Å². The Bertz CT molecular complexity index is 433. The van der Waals surface area contributed by atoms with Gasteiger partial charge in [-0.2, -0.15) is 4.31 Å². The van der Waals surface area contributed by atoms with Crippen LogP contribution >= 0.6 is 0 Å². The molecular weight excluding hydrogens is 272 g/mol. The molecule has 5 heteroatoms. The number of rotatable bonds is 6. The molecule has 1 heterocycles. The number of hydrogen-bond acceptors (Lipinski definition) is 3. The Morgan fingerprint density at radius 2 is 2.00 bits per heavy atom. The van der Waals surface area contributed by atoms with Crippen LogP contribution < -0.4 is 5.32 Å². The van der Waals surface area contributed by atoms with Crippen molar-refractivity contribution in [2.75, 3.05) is 25.4 Å². The summed E-state index contributed by atoms with van der Waals surface area (Å²) in [5.41, 5.74) is 1.52. The van der Waals surface area contributed by atoms with Crippen LogP contribution in [0.25, 0.3) is 0 Å². The average Bonchev–Trinajstić information content (AvgIpc) is 2.34. The topological polar surface area (TPSA) is 49.4 Å². The molecule has 0 saturated carbocycles. The second-order valence-corrected chi connectivity index (χ2v) is 8.95. The molecule has 0 unspecified atom stereocenters. The molecular formula is C15H30N2O2S. The molecule has 0 aromatic rings. The molecule has 0 aromatic heterocycles. The van der Waals surface area contributed by atoms with E-state index in [-0.39, 0.29) is 11.2 Å². The highest BCUT2D eigenvalue weighted by Crippen LogP contribution is 2.30. The van der Waals surface area contributed by atoms with E-state index in [1.54, 1.807) is 4.31 Å². The van der Waals surface area contributed by atoms with E-state index >= 15 is 0 Å². The normalized spacial score (nSPS) is 18.4. The molecule has 0 saturated heterocycles. The van der Waals surface area contributed by atoms with E-state index in [4.69, 9.17) is 0 Å². The van der Waals surface area contributed by atoms with Crippen molar-refractivity contribution in [3.8, 4) is 0 Å². The maximum absolute atomic E-state index is 12.3. The van der Waals surface area contributed by atoms with E-state index in [1.807, 2.05) is 0 Å². The van der Waals surface area contributed by atoms with Gasteiger partial charge in [0.15, 0.2) is 0 Å². The van der Waals surface area contributed by atoms with Gasteiger partial charge in [-0.15, -0.1) is 0 Å². The van der Waals surface area contributed by atoms with Crippen molar-refractivity contribution in [3.05, 3.63) is 11.6 Å². The van der Waals surface area contributed by atoms with E-state index in [1.165, 1.54) is 5.57 Å². The van der Waals surface area contributed by atoms with Crippen LogP contribution in [0, 0.1) is 5.41 Å². The second-order valence-electron chi connectivity index (χ2n) is 6.87. The molecule has 0 aromatic carbocycles. The quantitative estimate of drug-likeness (QED) is 0.605.